The highest BCUT2D eigenvalue weighted by Crippen LogP contribution is 2.09. The van der Waals surface area contributed by atoms with Crippen LogP contribution in [0.3, 0.4) is 0 Å². The van der Waals surface area contributed by atoms with E-state index in [1.54, 1.807) is 12.4 Å². The Bertz CT molecular complexity index is 609. The summed E-state index contributed by atoms with van der Waals surface area (Å²) in [7, 11) is -3.57. The molecule has 0 aliphatic heterocycles. The van der Waals surface area contributed by atoms with E-state index < -0.39 is 15.8 Å². The second-order valence-electron chi connectivity index (χ2n) is 3.99. The van der Waals surface area contributed by atoms with Crippen LogP contribution in [0.25, 0.3) is 0 Å². The molecule has 1 heterocycles. The van der Waals surface area contributed by atoms with Crippen molar-refractivity contribution in [3.8, 4) is 0 Å². The van der Waals surface area contributed by atoms with Crippen molar-refractivity contribution >= 4 is 10.0 Å². The molecular formula is C12H14FN3O2S. The smallest absolute Gasteiger partial charge is 0.240 e. The molecule has 2 aromatic rings. The van der Waals surface area contributed by atoms with Gasteiger partial charge in [0, 0.05) is 25.4 Å². The molecule has 7 heteroatoms. The van der Waals surface area contributed by atoms with Gasteiger partial charge in [-0.2, -0.15) is 0 Å². The van der Waals surface area contributed by atoms with Crippen molar-refractivity contribution in [3.63, 3.8) is 0 Å². The lowest BCUT2D eigenvalue weighted by atomic mass is 10.3. The highest BCUT2D eigenvalue weighted by molar-refractivity contribution is 7.89. The lowest BCUT2D eigenvalue weighted by molar-refractivity contribution is 0.577. The van der Waals surface area contributed by atoms with Crippen LogP contribution >= 0.6 is 0 Å². The molecule has 0 bridgehead atoms. The van der Waals surface area contributed by atoms with Gasteiger partial charge in [-0.15, -0.1) is 0 Å². The molecule has 0 fully saturated rings. The molecule has 0 atom stereocenters. The molecule has 1 aromatic heterocycles. The minimum absolute atomic E-state index is 0.0619. The van der Waals surface area contributed by atoms with Gasteiger partial charge in [0.1, 0.15) is 11.6 Å². The van der Waals surface area contributed by atoms with Gasteiger partial charge >= 0.3 is 0 Å². The van der Waals surface area contributed by atoms with Crippen molar-refractivity contribution < 1.29 is 12.8 Å². The zero-order chi connectivity index (χ0) is 13.7. The zero-order valence-electron chi connectivity index (χ0n) is 10.1. The Labute approximate surface area is 110 Å². The van der Waals surface area contributed by atoms with Crippen LogP contribution in [-0.4, -0.2) is 24.9 Å². The Kier molecular flexibility index (Phi) is 4.28. The van der Waals surface area contributed by atoms with Crippen LogP contribution in [0.4, 0.5) is 4.39 Å². The number of aromatic amines is 1. The van der Waals surface area contributed by atoms with Crippen LogP contribution in [0, 0.1) is 5.82 Å². The van der Waals surface area contributed by atoms with Gasteiger partial charge in [0.2, 0.25) is 10.0 Å². The summed E-state index contributed by atoms with van der Waals surface area (Å²) in [4.78, 5) is 7.05. The molecule has 0 saturated carbocycles. The van der Waals surface area contributed by atoms with E-state index in [0.717, 1.165) is 18.0 Å². The first-order valence-corrected chi connectivity index (χ1v) is 7.30. The van der Waals surface area contributed by atoms with Crippen molar-refractivity contribution in [2.45, 2.75) is 17.7 Å². The van der Waals surface area contributed by atoms with E-state index in [4.69, 9.17) is 0 Å². The Morgan fingerprint density at radius 3 is 2.63 bits per heavy atom. The standard InChI is InChI=1S/C12H14FN3O2S/c13-10-3-5-11(6-4-10)19(17,18)16-7-1-2-12-14-8-9-15-12/h3-6,8-9,16H,1-2,7H2,(H,14,15). The molecule has 0 unspecified atom stereocenters. The molecule has 0 spiro atoms. The quantitative estimate of drug-likeness (QED) is 0.788. The summed E-state index contributed by atoms with van der Waals surface area (Å²) in [6.07, 6.45) is 4.67. The molecule has 0 radical (unpaired) electrons. The van der Waals surface area contributed by atoms with E-state index in [1.807, 2.05) is 0 Å². The Balaban J connectivity index is 1.86. The maximum Gasteiger partial charge on any atom is 0.240 e. The highest BCUT2D eigenvalue weighted by Gasteiger charge is 2.12. The first kappa shape index (κ1) is 13.7. The molecule has 0 amide bonds. The molecule has 2 rings (SSSR count). The largest absolute Gasteiger partial charge is 0.349 e. The third kappa shape index (κ3) is 3.87. The van der Waals surface area contributed by atoms with Crippen LogP contribution in [0.2, 0.25) is 0 Å². The number of aryl methyl sites for hydroxylation is 1. The predicted octanol–water partition coefficient (Wildman–Crippen LogP) is 1.46. The van der Waals surface area contributed by atoms with Gasteiger partial charge in [0.15, 0.2) is 0 Å². The lowest BCUT2D eigenvalue weighted by Gasteiger charge is -2.06. The number of rotatable bonds is 6. The topological polar surface area (TPSA) is 74.8 Å². The van der Waals surface area contributed by atoms with Gasteiger partial charge in [-0.05, 0) is 30.7 Å². The Morgan fingerprint density at radius 2 is 2.00 bits per heavy atom. The summed E-state index contributed by atoms with van der Waals surface area (Å²) in [5.41, 5.74) is 0. The fourth-order valence-corrected chi connectivity index (χ4v) is 2.67. The van der Waals surface area contributed by atoms with Gasteiger partial charge < -0.3 is 4.98 Å². The number of nitrogens with zero attached hydrogens (tertiary/aromatic N) is 1. The SMILES string of the molecule is O=S(=O)(NCCCc1ncc[nH]1)c1ccc(F)cc1. The van der Waals surface area contributed by atoms with Crippen LogP contribution in [0.1, 0.15) is 12.2 Å². The molecular weight excluding hydrogens is 269 g/mol. The van der Waals surface area contributed by atoms with Crippen molar-refractivity contribution in [1.82, 2.24) is 14.7 Å². The lowest BCUT2D eigenvalue weighted by Crippen LogP contribution is -2.25. The minimum atomic E-state index is -3.57. The van der Waals surface area contributed by atoms with E-state index in [9.17, 15) is 12.8 Å². The third-order valence-electron chi connectivity index (χ3n) is 2.56. The summed E-state index contributed by atoms with van der Waals surface area (Å²) in [6, 6.07) is 4.73. The molecule has 0 saturated heterocycles. The molecule has 0 aliphatic rings. The zero-order valence-corrected chi connectivity index (χ0v) is 11.0. The first-order chi connectivity index (χ1) is 9.08. The monoisotopic (exact) mass is 283 g/mol. The fourth-order valence-electron chi connectivity index (χ4n) is 1.59. The van der Waals surface area contributed by atoms with Gasteiger partial charge in [-0.1, -0.05) is 0 Å². The number of H-pyrrole nitrogens is 1. The number of hydrogen-bond acceptors (Lipinski definition) is 3. The number of benzene rings is 1. The average Bonchev–Trinajstić information content (AvgIpc) is 2.88. The van der Waals surface area contributed by atoms with Crippen LogP contribution < -0.4 is 4.72 Å². The minimum Gasteiger partial charge on any atom is -0.349 e. The molecule has 5 nitrogen and oxygen atoms in total. The number of nitrogens with one attached hydrogen (secondary N) is 2. The van der Waals surface area contributed by atoms with Gasteiger partial charge in [-0.25, -0.2) is 22.5 Å². The maximum atomic E-state index is 12.7. The summed E-state index contributed by atoms with van der Waals surface area (Å²) < 4.78 is 38.9. The number of sulfonamides is 1. The van der Waals surface area contributed by atoms with E-state index >= 15 is 0 Å². The number of imidazole rings is 1. The number of hydrogen-bond donors (Lipinski definition) is 2. The Morgan fingerprint density at radius 1 is 1.26 bits per heavy atom. The summed E-state index contributed by atoms with van der Waals surface area (Å²) >= 11 is 0. The highest BCUT2D eigenvalue weighted by atomic mass is 32.2. The van der Waals surface area contributed by atoms with Crippen molar-refractivity contribution in [1.29, 1.82) is 0 Å². The second-order valence-corrected chi connectivity index (χ2v) is 5.76. The molecule has 19 heavy (non-hydrogen) atoms. The number of aromatic nitrogens is 2. The molecule has 0 aliphatic carbocycles. The van der Waals surface area contributed by atoms with Crippen LogP contribution in [0.15, 0.2) is 41.6 Å². The fraction of sp³-hybridized carbons (Fsp3) is 0.250. The van der Waals surface area contributed by atoms with Crippen LogP contribution in [-0.2, 0) is 16.4 Å². The average molecular weight is 283 g/mol. The van der Waals surface area contributed by atoms with E-state index in [1.165, 1.54) is 12.1 Å². The summed E-state index contributed by atoms with van der Waals surface area (Å²) in [6.45, 7) is 0.306. The van der Waals surface area contributed by atoms with E-state index in [0.29, 0.717) is 19.4 Å². The molecule has 2 N–H and O–H groups in total. The summed E-state index contributed by atoms with van der Waals surface area (Å²) in [5, 5.41) is 0. The van der Waals surface area contributed by atoms with Crippen molar-refractivity contribution in [3.05, 3.63) is 48.3 Å². The first-order valence-electron chi connectivity index (χ1n) is 5.81. The van der Waals surface area contributed by atoms with Gasteiger partial charge in [0.05, 0.1) is 4.90 Å². The second kappa shape index (κ2) is 5.94. The Hall–Kier alpha value is -1.73. The van der Waals surface area contributed by atoms with Crippen LogP contribution in [0.5, 0.6) is 0 Å². The maximum absolute atomic E-state index is 12.7. The number of halogens is 1. The molecule has 1 aromatic carbocycles. The van der Waals surface area contributed by atoms with Gasteiger partial charge in [0.25, 0.3) is 0 Å². The normalized spacial score (nSPS) is 11.6. The molecule has 102 valence electrons. The van der Waals surface area contributed by atoms with Crippen molar-refractivity contribution in [2.75, 3.05) is 6.54 Å². The third-order valence-corrected chi connectivity index (χ3v) is 4.04. The van der Waals surface area contributed by atoms with E-state index in [2.05, 4.69) is 14.7 Å². The van der Waals surface area contributed by atoms with Crippen molar-refractivity contribution in [2.24, 2.45) is 0 Å². The van der Waals surface area contributed by atoms with E-state index in [-0.39, 0.29) is 4.90 Å². The van der Waals surface area contributed by atoms with Gasteiger partial charge in [-0.3, -0.25) is 0 Å². The summed E-state index contributed by atoms with van der Waals surface area (Å²) in [5.74, 6) is 0.359. The predicted molar refractivity (Wildman–Crippen MR) is 68.5 cm³/mol.